The molecule has 2 nitrogen and oxygen atoms in total. The molecule has 0 N–H and O–H groups in total. The molecule has 0 aromatic carbocycles. The third-order valence-corrected chi connectivity index (χ3v) is 2.99. The summed E-state index contributed by atoms with van der Waals surface area (Å²) in [7, 11) is 0. The van der Waals surface area contributed by atoms with E-state index < -0.39 is 0 Å². The molecule has 0 saturated carbocycles. The first-order chi connectivity index (χ1) is 5.97. The molecule has 0 radical (unpaired) electrons. The Hall–Kier alpha value is 0.608. The van der Waals surface area contributed by atoms with Crippen LogP contribution in [0.25, 0.3) is 10.6 Å². The number of rotatable bonds is 1. The van der Waals surface area contributed by atoms with Crippen LogP contribution >= 0.6 is 0 Å². The Kier molecular flexibility index (Phi) is 5.53. The fourth-order valence-electron chi connectivity index (χ4n) is 2.26. The molecule has 2 atom stereocenters. The SMILES string of the molecule is C1CCC(C2CCCC[N-]2)[N-]C1.[Pt+2]. The van der Waals surface area contributed by atoms with Crippen molar-refractivity contribution in [3.63, 3.8) is 0 Å². The summed E-state index contributed by atoms with van der Waals surface area (Å²) in [5.74, 6) is 0. The molecular weight excluding hydrogens is 343 g/mol. The van der Waals surface area contributed by atoms with E-state index in [-0.39, 0.29) is 21.1 Å². The van der Waals surface area contributed by atoms with Gasteiger partial charge in [0.05, 0.1) is 0 Å². The third-order valence-electron chi connectivity index (χ3n) is 2.99. The monoisotopic (exact) mass is 361 g/mol. The average Bonchev–Trinajstić information content (AvgIpc) is 2.21. The molecule has 0 aliphatic carbocycles. The Morgan fingerprint density at radius 3 is 1.46 bits per heavy atom. The summed E-state index contributed by atoms with van der Waals surface area (Å²) in [6, 6.07) is 1.19. The molecule has 2 unspecified atom stereocenters. The van der Waals surface area contributed by atoms with Gasteiger partial charge in [0.25, 0.3) is 0 Å². The summed E-state index contributed by atoms with van der Waals surface area (Å²) >= 11 is 0. The van der Waals surface area contributed by atoms with Crippen molar-refractivity contribution >= 4 is 0 Å². The van der Waals surface area contributed by atoms with Crippen molar-refractivity contribution in [3.8, 4) is 0 Å². The Morgan fingerprint density at radius 2 is 1.15 bits per heavy atom. The van der Waals surface area contributed by atoms with E-state index in [4.69, 9.17) is 0 Å². The van der Waals surface area contributed by atoms with Gasteiger partial charge in [-0.25, -0.2) is 0 Å². The zero-order valence-corrected chi connectivity index (χ0v) is 10.3. The average molecular weight is 361 g/mol. The van der Waals surface area contributed by atoms with E-state index in [1.807, 2.05) is 0 Å². The molecule has 0 amide bonds. The number of piperidine rings is 2. The van der Waals surface area contributed by atoms with E-state index in [9.17, 15) is 0 Å². The number of nitrogens with zero attached hydrogens (tertiary/aromatic N) is 2. The molecular formula is C10H18N2Pt. The molecule has 2 fully saturated rings. The van der Waals surface area contributed by atoms with Gasteiger partial charge < -0.3 is 10.6 Å². The van der Waals surface area contributed by atoms with Crippen LogP contribution in [-0.2, 0) is 21.1 Å². The van der Waals surface area contributed by atoms with Crippen molar-refractivity contribution in [2.75, 3.05) is 13.1 Å². The minimum Gasteiger partial charge on any atom is -0.661 e. The molecule has 2 aliphatic heterocycles. The second-order valence-corrected chi connectivity index (χ2v) is 3.94. The van der Waals surface area contributed by atoms with Gasteiger partial charge in [-0.3, -0.25) is 0 Å². The van der Waals surface area contributed by atoms with Gasteiger partial charge in [-0.15, -0.1) is 13.1 Å². The second-order valence-electron chi connectivity index (χ2n) is 3.94. The number of hydrogen-bond donors (Lipinski definition) is 0. The first kappa shape index (κ1) is 11.7. The molecule has 13 heavy (non-hydrogen) atoms. The van der Waals surface area contributed by atoms with Gasteiger partial charge in [0, 0.05) is 0 Å². The molecule has 2 saturated heterocycles. The Morgan fingerprint density at radius 1 is 0.692 bits per heavy atom. The van der Waals surface area contributed by atoms with Gasteiger partial charge in [-0.2, -0.15) is 12.1 Å². The van der Waals surface area contributed by atoms with Gasteiger partial charge in [-0.05, 0) is 0 Å². The van der Waals surface area contributed by atoms with Crippen LogP contribution in [0.5, 0.6) is 0 Å². The summed E-state index contributed by atoms with van der Waals surface area (Å²) in [5.41, 5.74) is 0. The maximum absolute atomic E-state index is 4.66. The molecule has 0 spiro atoms. The molecule has 78 valence electrons. The van der Waals surface area contributed by atoms with E-state index >= 15 is 0 Å². The van der Waals surface area contributed by atoms with Crippen LogP contribution in [0.4, 0.5) is 0 Å². The molecule has 2 aliphatic rings. The molecule has 2 heterocycles. The minimum absolute atomic E-state index is 0. The molecule has 0 bridgehead atoms. The van der Waals surface area contributed by atoms with Crippen LogP contribution in [0.2, 0.25) is 0 Å². The molecule has 3 heteroatoms. The van der Waals surface area contributed by atoms with Gasteiger partial charge in [0.2, 0.25) is 0 Å². The van der Waals surface area contributed by atoms with Crippen molar-refractivity contribution in [1.82, 2.24) is 0 Å². The molecule has 0 aromatic heterocycles. The maximum Gasteiger partial charge on any atom is 2.00 e. The fourth-order valence-corrected chi connectivity index (χ4v) is 2.26. The topological polar surface area (TPSA) is 28.2 Å². The smallest absolute Gasteiger partial charge is 0.661 e. The van der Waals surface area contributed by atoms with E-state index in [0.29, 0.717) is 12.1 Å². The Bertz CT molecular complexity index is 113. The van der Waals surface area contributed by atoms with Crippen molar-refractivity contribution < 1.29 is 21.1 Å². The predicted molar refractivity (Wildman–Crippen MR) is 51.7 cm³/mol. The molecule has 0 aromatic rings. The van der Waals surface area contributed by atoms with E-state index in [0.717, 1.165) is 13.1 Å². The quantitative estimate of drug-likeness (QED) is 0.687. The van der Waals surface area contributed by atoms with Gasteiger partial charge in [0.1, 0.15) is 0 Å². The Balaban J connectivity index is 0.000000845. The summed E-state index contributed by atoms with van der Waals surface area (Å²) < 4.78 is 0. The van der Waals surface area contributed by atoms with Crippen molar-refractivity contribution in [1.29, 1.82) is 0 Å². The normalized spacial score (nSPS) is 35.1. The van der Waals surface area contributed by atoms with Gasteiger partial charge >= 0.3 is 21.1 Å². The van der Waals surface area contributed by atoms with Crippen LogP contribution in [0.15, 0.2) is 0 Å². The van der Waals surface area contributed by atoms with Crippen LogP contribution in [0, 0.1) is 0 Å². The van der Waals surface area contributed by atoms with Crippen LogP contribution in [0.3, 0.4) is 0 Å². The van der Waals surface area contributed by atoms with Gasteiger partial charge in [-0.1, -0.05) is 38.5 Å². The van der Waals surface area contributed by atoms with Crippen molar-refractivity contribution in [2.45, 2.75) is 50.6 Å². The Labute approximate surface area is 95.5 Å². The van der Waals surface area contributed by atoms with Gasteiger partial charge in [0.15, 0.2) is 0 Å². The third kappa shape index (κ3) is 3.34. The summed E-state index contributed by atoms with van der Waals surface area (Å²) in [6.45, 7) is 2.19. The standard InChI is InChI=1S/C10H18N2.Pt/c1-3-7-11-9(5-1)10-6-2-4-8-12-10;/h9-10H,1-8H2;/q-2;+2. The van der Waals surface area contributed by atoms with E-state index in [1.54, 1.807) is 0 Å². The van der Waals surface area contributed by atoms with E-state index in [1.165, 1.54) is 38.5 Å². The summed E-state index contributed by atoms with van der Waals surface area (Å²) in [6.07, 6.45) is 7.97. The number of hydrogen-bond acceptors (Lipinski definition) is 0. The van der Waals surface area contributed by atoms with Crippen LogP contribution < -0.4 is 0 Å². The van der Waals surface area contributed by atoms with E-state index in [2.05, 4.69) is 10.6 Å². The summed E-state index contributed by atoms with van der Waals surface area (Å²) in [5, 5.41) is 9.32. The van der Waals surface area contributed by atoms with Crippen molar-refractivity contribution in [3.05, 3.63) is 10.6 Å². The van der Waals surface area contributed by atoms with Crippen LogP contribution in [0.1, 0.15) is 38.5 Å². The zero-order chi connectivity index (χ0) is 8.23. The summed E-state index contributed by atoms with van der Waals surface area (Å²) in [4.78, 5) is 0. The second kappa shape index (κ2) is 6.16. The minimum atomic E-state index is 0. The molecule has 2 rings (SSSR count). The predicted octanol–water partition coefficient (Wildman–Crippen LogP) is 2.84. The first-order valence-corrected chi connectivity index (χ1v) is 5.30. The van der Waals surface area contributed by atoms with Crippen LogP contribution in [-0.4, -0.2) is 25.2 Å². The first-order valence-electron chi connectivity index (χ1n) is 5.30. The zero-order valence-electron chi connectivity index (χ0n) is 8.02. The van der Waals surface area contributed by atoms with Crippen molar-refractivity contribution in [2.24, 2.45) is 0 Å². The maximum atomic E-state index is 4.66. The fraction of sp³-hybridized carbons (Fsp3) is 1.00. The largest absolute Gasteiger partial charge is 2.00 e.